The quantitative estimate of drug-likeness (QED) is 0.581. The molecule has 1 aromatic heterocycles. The minimum absolute atomic E-state index is 0.0385. The molecule has 0 N–H and O–H groups in total. The Hall–Kier alpha value is -1.93. The number of nitrogens with zero attached hydrogens (tertiary/aromatic N) is 1. The zero-order valence-corrected chi connectivity index (χ0v) is 10.4. The summed E-state index contributed by atoms with van der Waals surface area (Å²) in [5.74, 6) is 0. The minimum atomic E-state index is -1.32. The summed E-state index contributed by atoms with van der Waals surface area (Å²) in [6.45, 7) is 0. The zero-order chi connectivity index (χ0) is 21.4. The van der Waals surface area contributed by atoms with Gasteiger partial charge in [-0.3, -0.25) is 4.99 Å². The number of rotatable bonds is 1. The number of benzene rings is 2. The van der Waals surface area contributed by atoms with Gasteiger partial charge >= 0.3 is 0 Å². The topological polar surface area (TPSA) is 12.4 Å². The lowest BCUT2D eigenvalue weighted by molar-refractivity contribution is 1.06. The normalized spacial score (nSPS) is 31.3. The standard InChI is InChI=1S/C17H13NS/c1-2-7-16-13(5-1)14-9-8-12(11-17(14)19-16)15-6-3-4-10-18-15/h1-2,4-5,7-11H,3,6H2/i1D,2D,3D,4D,5D,6D,7D,9D,10D,11D. The molecule has 19 heavy (non-hydrogen) atoms. The van der Waals surface area contributed by atoms with E-state index in [2.05, 4.69) is 4.99 Å². The first kappa shape index (κ1) is 4.88. The maximum absolute atomic E-state index is 8.59. The van der Waals surface area contributed by atoms with Crippen LogP contribution >= 0.6 is 11.3 Å². The van der Waals surface area contributed by atoms with Crippen molar-refractivity contribution in [2.24, 2.45) is 4.99 Å². The van der Waals surface area contributed by atoms with Gasteiger partial charge in [-0.25, -0.2) is 0 Å². The Balaban J connectivity index is 2.10. The van der Waals surface area contributed by atoms with Gasteiger partial charge in [0.05, 0.1) is 11.0 Å². The van der Waals surface area contributed by atoms with E-state index in [1.807, 2.05) is 0 Å². The van der Waals surface area contributed by atoms with Gasteiger partial charge in [0, 0.05) is 34.8 Å². The average molecular weight is 273 g/mol. The molecule has 4 rings (SSSR count). The Labute approximate surface area is 130 Å². The van der Waals surface area contributed by atoms with E-state index >= 15 is 0 Å². The lowest BCUT2D eigenvalue weighted by Gasteiger charge is -2.07. The third kappa shape index (κ3) is 1.80. The Morgan fingerprint density at radius 3 is 3.05 bits per heavy atom. The second-order valence-corrected chi connectivity index (χ2v) is 4.94. The molecule has 1 aliphatic rings. The van der Waals surface area contributed by atoms with E-state index in [1.165, 1.54) is 6.07 Å². The number of hydrogen-bond acceptors (Lipinski definition) is 2. The molecular weight excluding hydrogens is 250 g/mol. The van der Waals surface area contributed by atoms with Crippen LogP contribution in [0.15, 0.2) is 59.5 Å². The van der Waals surface area contributed by atoms with E-state index in [4.69, 9.17) is 13.7 Å². The minimum Gasteiger partial charge on any atom is -0.261 e. The fraction of sp³-hybridized carbons (Fsp3) is 0.118. The fourth-order valence-corrected chi connectivity index (χ4v) is 2.91. The van der Waals surface area contributed by atoms with Crippen LogP contribution in [-0.4, -0.2) is 5.71 Å². The Morgan fingerprint density at radius 1 is 1.16 bits per heavy atom. The second kappa shape index (κ2) is 4.32. The molecule has 0 radical (unpaired) electrons. The molecule has 0 bridgehead atoms. The van der Waals surface area contributed by atoms with E-state index in [-0.39, 0.29) is 67.7 Å². The lowest BCUT2D eigenvalue weighted by atomic mass is 10.0. The Kier molecular flexibility index (Phi) is 1.11. The molecule has 1 aliphatic heterocycles. The SMILES string of the molecule is [2H]C1=C([2H])C([2H])C([2H])C(c2cc([2H])c3c(sc4c([2H])c([2H])c([2H])c([2H])c43)c2[2H])=N1. The van der Waals surface area contributed by atoms with Gasteiger partial charge in [-0.2, -0.15) is 0 Å². The predicted octanol–water partition coefficient (Wildman–Crippen LogP) is 5.15. The highest BCUT2D eigenvalue weighted by atomic mass is 32.1. The molecule has 3 aromatic rings. The monoisotopic (exact) mass is 273 g/mol. The summed E-state index contributed by atoms with van der Waals surface area (Å²) >= 11 is 0.970. The molecule has 2 heteroatoms. The van der Waals surface area contributed by atoms with Crippen molar-refractivity contribution < 1.29 is 13.7 Å². The molecule has 2 aromatic carbocycles. The van der Waals surface area contributed by atoms with Crippen LogP contribution in [0.5, 0.6) is 0 Å². The van der Waals surface area contributed by atoms with Gasteiger partial charge in [-0.05, 0) is 30.4 Å². The Morgan fingerprint density at radius 2 is 2.05 bits per heavy atom. The molecule has 0 amide bonds. The molecular formula is C17H13NS. The third-order valence-corrected chi connectivity index (χ3v) is 3.81. The third-order valence-electron chi connectivity index (χ3n) is 2.78. The first-order valence-corrected chi connectivity index (χ1v) is 6.41. The van der Waals surface area contributed by atoms with Gasteiger partial charge in [0.15, 0.2) is 0 Å². The van der Waals surface area contributed by atoms with Gasteiger partial charge in [0.2, 0.25) is 0 Å². The first-order valence-electron chi connectivity index (χ1n) is 10.7. The number of fused-ring (bicyclic) bond motifs is 3. The van der Waals surface area contributed by atoms with Crippen LogP contribution in [0.25, 0.3) is 20.2 Å². The van der Waals surface area contributed by atoms with Crippen molar-refractivity contribution in [2.75, 3.05) is 0 Å². The smallest absolute Gasteiger partial charge is 0.0836 e. The summed E-state index contributed by atoms with van der Waals surface area (Å²) in [6, 6.07) is -0.612. The van der Waals surface area contributed by atoms with Crippen molar-refractivity contribution in [1.29, 1.82) is 0 Å². The number of allylic oxidation sites excluding steroid dienone is 1. The first-order chi connectivity index (χ1) is 13.6. The van der Waals surface area contributed by atoms with Crippen LogP contribution in [-0.2, 0) is 0 Å². The molecule has 2 unspecified atom stereocenters. The van der Waals surface area contributed by atoms with E-state index in [9.17, 15) is 0 Å². The van der Waals surface area contributed by atoms with Gasteiger partial charge in [0.1, 0.15) is 0 Å². The number of aliphatic imine (C=N–C) groups is 1. The van der Waals surface area contributed by atoms with Gasteiger partial charge in [-0.15, -0.1) is 11.3 Å². The molecule has 92 valence electrons. The fourth-order valence-electron chi connectivity index (χ4n) is 1.92. The highest BCUT2D eigenvalue weighted by Gasteiger charge is 2.09. The van der Waals surface area contributed by atoms with Gasteiger partial charge < -0.3 is 0 Å². The van der Waals surface area contributed by atoms with Crippen LogP contribution in [0.4, 0.5) is 0 Å². The second-order valence-electron chi connectivity index (χ2n) is 3.92. The summed E-state index contributed by atoms with van der Waals surface area (Å²) in [7, 11) is 0. The molecule has 2 heterocycles. The van der Waals surface area contributed by atoms with Crippen molar-refractivity contribution in [3.63, 3.8) is 0 Å². The molecule has 0 saturated carbocycles. The average Bonchev–Trinajstić information content (AvgIpc) is 3.10. The largest absolute Gasteiger partial charge is 0.261 e. The van der Waals surface area contributed by atoms with Crippen molar-refractivity contribution >= 4 is 37.2 Å². The number of hydrogen-bond donors (Lipinski definition) is 0. The molecule has 0 aliphatic carbocycles. The molecule has 1 nitrogen and oxygen atoms in total. The maximum Gasteiger partial charge on any atom is 0.0836 e. The summed E-state index contributed by atoms with van der Waals surface area (Å²) in [5, 5.41) is 0.413. The molecule has 0 fully saturated rings. The molecule has 0 spiro atoms. The van der Waals surface area contributed by atoms with Crippen LogP contribution < -0.4 is 0 Å². The molecule has 0 saturated heterocycles. The van der Waals surface area contributed by atoms with E-state index in [1.54, 1.807) is 0 Å². The van der Waals surface area contributed by atoms with Gasteiger partial charge in [0.25, 0.3) is 0 Å². The van der Waals surface area contributed by atoms with Crippen LogP contribution in [0.2, 0.25) is 0 Å². The van der Waals surface area contributed by atoms with Crippen molar-refractivity contribution in [3.05, 3.63) is 60.1 Å². The summed E-state index contributed by atoms with van der Waals surface area (Å²) in [5.41, 5.74) is 0.0576. The van der Waals surface area contributed by atoms with Crippen molar-refractivity contribution in [3.8, 4) is 0 Å². The van der Waals surface area contributed by atoms with Crippen LogP contribution in [0.3, 0.4) is 0 Å². The van der Waals surface area contributed by atoms with E-state index < -0.39 is 25.0 Å². The predicted molar refractivity (Wildman–Crippen MR) is 84.2 cm³/mol. The summed E-state index contributed by atoms with van der Waals surface area (Å²) in [6.07, 6.45) is -3.06. The van der Waals surface area contributed by atoms with E-state index in [0.717, 1.165) is 11.3 Å². The van der Waals surface area contributed by atoms with Crippen LogP contribution in [0.1, 0.15) is 32.1 Å². The van der Waals surface area contributed by atoms with E-state index in [0.29, 0.717) is 0 Å². The maximum atomic E-state index is 8.59. The highest BCUT2D eigenvalue weighted by Crippen LogP contribution is 2.34. The number of thiophene rings is 1. The highest BCUT2D eigenvalue weighted by molar-refractivity contribution is 7.25. The summed E-state index contributed by atoms with van der Waals surface area (Å²) < 4.78 is 81.1. The van der Waals surface area contributed by atoms with Gasteiger partial charge in [-0.1, -0.05) is 36.3 Å². The molecule has 2 atom stereocenters. The zero-order valence-electron chi connectivity index (χ0n) is 19.6. The Bertz CT molecular complexity index is 1280. The lowest BCUT2D eigenvalue weighted by Crippen LogP contribution is -2.01. The van der Waals surface area contributed by atoms with Crippen molar-refractivity contribution in [1.82, 2.24) is 0 Å². The van der Waals surface area contributed by atoms with Crippen molar-refractivity contribution in [2.45, 2.75) is 12.8 Å². The summed E-state index contributed by atoms with van der Waals surface area (Å²) in [4.78, 5) is 3.93. The van der Waals surface area contributed by atoms with Crippen LogP contribution in [0, 0.1) is 0 Å².